The van der Waals surface area contributed by atoms with Crippen molar-refractivity contribution in [1.29, 1.82) is 0 Å². The van der Waals surface area contributed by atoms with Gasteiger partial charge in [-0.3, -0.25) is 19.3 Å². The van der Waals surface area contributed by atoms with E-state index in [-0.39, 0.29) is 23.6 Å². The number of carbonyl (C=O) groups excluding carboxylic acids is 3. The first-order valence-electron chi connectivity index (χ1n) is 7.72. The highest BCUT2D eigenvalue weighted by atomic mass is 32.2. The van der Waals surface area contributed by atoms with Crippen LogP contribution in [0.2, 0.25) is 0 Å². The van der Waals surface area contributed by atoms with Crippen LogP contribution >= 0.6 is 23.1 Å². The van der Waals surface area contributed by atoms with Gasteiger partial charge in [0.1, 0.15) is 6.54 Å². The predicted molar refractivity (Wildman–Crippen MR) is 92.0 cm³/mol. The fraction of sp³-hybridized carbons (Fsp3) is 0.438. The second kappa shape index (κ2) is 7.31. The molecule has 23 heavy (non-hydrogen) atoms. The summed E-state index contributed by atoms with van der Waals surface area (Å²) in [5.41, 5.74) is 0. The summed E-state index contributed by atoms with van der Waals surface area (Å²) in [5.74, 6) is -0.497. The molecule has 0 saturated carbocycles. The Balaban J connectivity index is 1.67. The Morgan fingerprint density at radius 1 is 1.17 bits per heavy atom. The Labute approximate surface area is 143 Å². The zero-order valence-electron chi connectivity index (χ0n) is 12.7. The minimum Gasteiger partial charge on any atom is -0.341 e. The van der Waals surface area contributed by atoms with Crippen LogP contribution in [0.3, 0.4) is 0 Å². The third-order valence-electron chi connectivity index (χ3n) is 3.94. The van der Waals surface area contributed by atoms with Crippen LogP contribution in [-0.4, -0.2) is 46.5 Å². The van der Waals surface area contributed by atoms with E-state index in [9.17, 15) is 14.4 Å². The molecule has 0 radical (unpaired) electrons. The van der Waals surface area contributed by atoms with E-state index in [1.54, 1.807) is 11.0 Å². The SMILES string of the molecule is O=C(CN1C(=O)S/C(=C/c2cccs2)C1=O)N1CCCCCC1. The topological polar surface area (TPSA) is 57.7 Å². The molecule has 3 rings (SSSR count). The third-order valence-corrected chi connectivity index (χ3v) is 5.67. The van der Waals surface area contributed by atoms with Crippen LogP contribution in [0.15, 0.2) is 22.4 Å². The highest BCUT2D eigenvalue weighted by molar-refractivity contribution is 8.18. The van der Waals surface area contributed by atoms with Gasteiger partial charge >= 0.3 is 0 Å². The number of thioether (sulfide) groups is 1. The van der Waals surface area contributed by atoms with E-state index in [4.69, 9.17) is 0 Å². The summed E-state index contributed by atoms with van der Waals surface area (Å²) in [7, 11) is 0. The number of likely N-dealkylation sites (tertiary alicyclic amines) is 1. The van der Waals surface area contributed by atoms with Crippen molar-refractivity contribution in [2.75, 3.05) is 19.6 Å². The van der Waals surface area contributed by atoms with Gasteiger partial charge in [-0.05, 0) is 42.1 Å². The molecule has 1 aromatic rings. The summed E-state index contributed by atoms with van der Waals surface area (Å²) in [6.07, 6.45) is 5.97. The Morgan fingerprint density at radius 3 is 2.57 bits per heavy atom. The summed E-state index contributed by atoms with van der Waals surface area (Å²) in [4.78, 5) is 41.0. The van der Waals surface area contributed by atoms with Gasteiger partial charge in [0.05, 0.1) is 4.91 Å². The van der Waals surface area contributed by atoms with Crippen LogP contribution in [-0.2, 0) is 9.59 Å². The van der Waals surface area contributed by atoms with Crippen molar-refractivity contribution in [2.45, 2.75) is 25.7 Å². The van der Waals surface area contributed by atoms with Gasteiger partial charge in [0.2, 0.25) is 5.91 Å². The summed E-state index contributed by atoms with van der Waals surface area (Å²) >= 11 is 2.41. The third kappa shape index (κ3) is 3.84. The maximum Gasteiger partial charge on any atom is 0.294 e. The van der Waals surface area contributed by atoms with E-state index in [0.717, 1.165) is 60.3 Å². The summed E-state index contributed by atoms with van der Waals surface area (Å²) < 4.78 is 0. The van der Waals surface area contributed by atoms with E-state index >= 15 is 0 Å². The van der Waals surface area contributed by atoms with Crippen LogP contribution in [0.1, 0.15) is 30.6 Å². The maximum atomic E-state index is 12.4. The van der Waals surface area contributed by atoms with Crippen LogP contribution in [0.4, 0.5) is 4.79 Å². The predicted octanol–water partition coefficient (Wildman–Crippen LogP) is 3.19. The molecule has 3 heterocycles. The van der Waals surface area contributed by atoms with Gasteiger partial charge in [-0.15, -0.1) is 11.3 Å². The van der Waals surface area contributed by atoms with Gasteiger partial charge in [0.25, 0.3) is 11.1 Å². The lowest BCUT2D eigenvalue weighted by Gasteiger charge is -2.22. The largest absolute Gasteiger partial charge is 0.341 e. The molecule has 1 aromatic heterocycles. The number of thiophene rings is 1. The molecule has 0 N–H and O–H groups in total. The van der Waals surface area contributed by atoms with E-state index in [1.807, 2.05) is 17.5 Å². The normalized spacial score (nSPS) is 21.1. The zero-order chi connectivity index (χ0) is 16.2. The fourth-order valence-corrected chi connectivity index (χ4v) is 4.26. The molecule has 0 unspecified atom stereocenters. The fourth-order valence-electron chi connectivity index (χ4n) is 2.69. The van der Waals surface area contributed by atoms with Gasteiger partial charge in [-0.25, -0.2) is 0 Å². The Kier molecular flexibility index (Phi) is 5.17. The molecular weight excluding hydrogens is 332 g/mol. The molecule has 3 amide bonds. The number of hydrogen-bond donors (Lipinski definition) is 0. The first-order chi connectivity index (χ1) is 11.1. The summed E-state index contributed by atoms with van der Waals surface area (Å²) in [6, 6.07) is 3.78. The van der Waals surface area contributed by atoms with Crippen molar-refractivity contribution in [2.24, 2.45) is 0 Å². The van der Waals surface area contributed by atoms with Crippen molar-refractivity contribution in [3.05, 3.63) is 27.3 Å². The number of rotatable bonds is 3. The lowest BCUT2D eigenvalue weighted by Crippen LogP contribution is -2.42. The van der Waals surface area contributed by atoms with Gasteiger partial charge in [0, 0.05) is 18.0 Å². The Morgan fingerprint density at radius 2 is 1.91 bits per heavy atom. The number of imide groups is 1. The van der Waals surface area contributed by atoms with Gasteiger partial charge in [-0.2, -0.15) is 0 Å². The second-order valence-electron chi connectivity index (χ2n) is 5.58. The van der Waals surface area contributed by atoms with E-state index < -0.39 is 0 Å². The maximum absolute atomic E-state index is 12.4. The highest BCUT2D eigenvalue weighted by Gasteiger charge is 2.37. The number of nitrogens with zero attached hydrogens (tertiary/aromatic N) is 2. The van der Waals surface area contributed by atoms with Gasteiger partial charge < -0.3 is 4.90 Å². The molecule has 0 atom stereocenters. The van der Waals surface area contributed by atoms with Crippen LogP contribution < -0.4 is 0 Å². The highest BCUT2D eigenvalue weighted by Crippen LogP contribution is 2.32. The molecule has 0 spiro atoms. The van der Waals surface area contributed by atoms with Gasteiger partial charge in [0.15, 0.2) is 0 Å². The lowest BCUT2D eigenvalue weighted by atomic mass is 10.2. The molecule has 2 saturated heterocycles. The van der Waals surface area contributed by atoms with Crippen molar-refractivity contribution in [1.82, 2.24) is 9.80 Å². The van der Waals surface area contributed by atoms with Gasteiger partial charge in [-0.1, -0.05) is 18.9 Å². The molecule has 122 valence electrons. The molecule has 5 nitrogen and oxygen atoms in total. The van der Waals surface area contributed by atoms with E-state index in [0.29, 0.717) is 4.91 Å². The average Bonchev–Trinajstić information content (AvgIpc) is 3.01. The number of amides is 3. The quantitative estimate of drug-likeness (QED) is 0.786. The van der Waals surface area contributed by atoms with Crippen LogP contribution in [0.25, 0.3) is 6.08 Å². The van der Waals surface area contributed by atoms with Crippen molar-refractivity contribution < 1.29 is 14.4 Å². The minimum absolute atomic E-state index is 0.133. The molecule has 0 aromatic carbocycles. The smallest absolute Gasteiger partial charge is 0.294 e. The summed E-state index contributed by atoms with van der Waals surface area (Å²) in [6.45, 7) is 1.30. The first kappa shape index (κ1) is 16.3. The molecule has 2 aliphatic rings. The average molecular weight is 350 g/mol. The number of carbonyl (C=O) groups is 3. The first-order valence-corrected chi connectivity index (χ1v) is 9.41. The van der Waals surface area contributed by atoms with Crippen molar-refractivity contribution in [3.8, 4) is 0 Å². The van der Waals surface area contributed by atoms with Crippen LogP contribution in [0.5, 0.6) is 0 Å². The molecule has 2 fully saturated rings. The molecular formula is C16H18N2O3S2. The number of hydrogen-bond acceptors (Lipinski definition) is 5. The molecule has 7 heteroatoms. The van der Waals surface area contributed by atoms with Crippen molar-refractivity contribution >= 4 is 46.2 Å². The van der Waals surface area contributed by atoms with E-state index in [1.165, 1.54) is 11.3 Å². The minimum atomic E-state index is -0.364. The standard InChI is InChI=1S/C16H18N2O3S2/c19-14(17-7-3-1-2-4-8-17)11-18-15(20)13(23-16(18)21)10-12-6-5-9-22-12/h5-6,9-10H,1-4,7-8,11H2/b13-10+. The lowest BCUT2D eigenvalue weighted by molar-refractivity contribution is -0.135. The summed E-state index contributed by atoms with van der Waals surface area (Å²) in [5, 5.41) is 1.56. The second-order valence-corrected chi connectivity index (χ2v) is 7.55. The molecule has 0 aliphatic carbocycles. The van der Waals surface area contributed by atoms with E-state index in [2.05, 4.69) is 0 Å². The van der Waals surface area contributed by atoms with Crippen LogP contribution in [0, 0.1) is 0 Å². The molecule has 2 aliphatic heterocycles. The zero-order valence-corrected chi connectivity index (χ0v) is 14.3. The van der Waals surface area contributed by atoms with Crippen molar-refractivity contribution in [3.63, 3.8) is 0 Å². The molecule has 0 bridgehead atoms. The Hall–Kier alpha value is -1.60. The monoisotopic (exact) mass is 350 g/mol. The Bertz CT molecular complexity index is 632.